The van der Waals surface area contributed by atoms with E-state index in [1.807, 2.05) is 30.3 Å². The Morgan fingerprint density at radius 1 is 1.07 bits per heavy atom. The molecule has 28 heavy (non-hydrogen) atoms. The van der Waals surface area contributed by atoms with Crippen molar-refractivity contribution in [3.05, 3.63) is 65.7 Å². The van der Waals surface area contributed by atoms with Crippen LogP contribution >= 0.6 is 24.8 Å². The first-order valence-corrected chi connectivity index (χ1v) is 9.18. The summed E-state index contributed by atoms with van der Waals surface area (Å²) in [5, 5.41) is 2.99. The molecule has 0 aromatic heterocycles. The van der Waals surface area contributed by atoms with Crippen molar-refractivity contribution in [3.8, 4) is 0 Å². The summed E-state index contributed by atoms with van der Waals surface area (Å²) in [6.07, 6.45) is 1.18. The molecular formula is C21H29Cl2N3O2. The molecule has 7 heteroatoms. The number of ether oxygens (including phenoxy) is 1. The maximum absolute atomic E-state index is 12.2. The third-order valence-electron chi connectivity index (χ3n) is 4.60. The Bertz CT molecular complexity index is 699. The number of halogens is 2. The molecule has 3 N–H and O–H groups in total. The van der Waals surface area contributed by atoms with E-state index in [1.54, 1.807) is 0 Å². The lowest BCUT2D eigenvalue weighted by molar-refractivity contribution is -0.126. The topological polar surface area (TPSA) is 67.6 Å². The number of anilines is 1. The number of nitrogens with zero attached hydrogens (tertiary/aromatic N) is 1. The van der Waals surface area contributed by atoms with Gasteiger partial charge in [0.1, 0.15) is 0 Å². The molecule has 0 aliphatic carbocycles. The second kappa shape index (κ2) is 12.6. The van der Waals surface area contributed by atoms with Crippen molar-refractivity contribution < 1.29 is 9.53 Å². The van der Waals surface area contributed by atoms with Gasteiger partial charge in [-0.2, -0.15) is 0 Å². The number of carbonyl (C=O) groups is 1. The molecular weight excluding hydrogens is 397 g/mol. The Hall–Kier alpha value is -1.79. The minimum absolute atomic E-state index is 0. The Labute approximate surface area is 179 Å². The molecule has 5 nitrogen and oxygen atoms in total. The molecule has 154 valence electrons. The standard InChI is InChI=1S/C21H27N3O2.2ClH/c22-19-8-6-17(7-9-19)10-11-23-21(25)14-20-16-24(12-13-26-20)15-18-4-2-1-3-5-18;;/h1-9,20H,10-16,22H2,(H,23,25);2*1H. The van der Waals surface area contributed by atoms with E-state index in [9.17, 15) is 4.79 Å². The van der Waals surface area contributed by atoms with Crippen molar-refractivity contribution in [1.82, 2.24) is 10.2 Å². The van der Waals surface area contributed by atoms with Gasteiger partial charge in [0, 0.05) is 31.9 Å². The van der Waals surface area contributed by atoms with Crippen LogP contribution in [0.25, 0.3) is 0 Å². The van der Waals surface area contributed by atoms with Gasteiger partial charge >= 0.3 is 0 Å². The Kier molecular flexibility index (Phi) is 10.9. The van der Waals surface area contributed by atoms with E-state index in [4.69, 9.17) is 10.5 Å². The zero-order chi connectivity index (χ0) is 18.2. The van der Waals surface area contributed by atoms with Crippen LogP contribution in [0.5, 0.6) is 0 Å². The van der Waals surface area contributed by atoms with Gasteiger partial charge in [-0.3, -0.25) is 9.69 Å². The summed E-state index contributed by atoms with van der Waals surface area (Å²) in [6, 6.07) is 18.2. The first kappa shape index (κ1) is 24.2. The molecule has 1 heterocycles. The van der Waals surface area contributed by atoms with Crippen molar-refractivity contribution in [2.24, 2.45) is 0 Å². The number of nitrogen functional groups attached to an aromatic ring is 1. The average molecular weight is 426 g/mol. The third-order valence-corrected chi connectivity index (χ3v) is 4.60. The number of hydrogen-bond donors (Lipinski definition) is 2. The Balaban J connectivity index is 0.00000196. The minimum atomic E-state index is -0.0380. The summed E-state index contributed by atoms with van der Waals surface area (Å²) in [4.78, 5) is 14.5. The molecule has 1 atom stereocenters. The highest BCUT2D eigenvalue weighted by atomic mass is 35.5. The first-order valence-electron chi connectivity index (χ1n) is 9.18. The van der Waals surface area contributed by atoms with Crippen molar-refractivity contribution >= 4 is 36.4 Å². The van der Waals surface area contributed by atoms with Gasteiger partial charge in [0.25, 0.3) is 0 Å². The fourth-order valence-corrected chi connectivity index (χ4v) is 3.20. The van der Waals surface area contributed by atoms with Crippen LogP contribution in [0.3, 0.4) is 0 Å². The van der Waals surface area contributed by atoms with Crippen LogP contribution in [0.2, 0.25) is 0 Å². The molecule has 1 aliphatic heterocycles. The molecule has 0 bridgehead atoms. The number of carbonyl (C=O) groups excluding carboxylic acids is 1. The summed E-state index contributed by atoms with van der Waals surface area (Å²) < 4.78 is 5.78. The number of amides is 1. The van der Waals surface area contributed by atoms with Gasteiger partial charge in [0.05, 0.1) is 19.1 Å². The van der Waals surface area contributed by atoms with Gasteiger partial charge in [0.15, 0.2) is 0 Å². The molecule has 2 aromatic rings. The number of nitrogens with two attached hydrogens (primary N) is 1. The van der Waals surface area contributed by atoms with E-state index in [2.05, 4.69) is 34.5 Å². The van der Waals surface area contributed by atoms with Crippen molar-refractivity contribution in [3.63, 3.8) is 0 Å². The molecule has 2 aromatic carbocycles. The highest BCUT2D eigenvalue weighted by Gasteiger charge is 2.22. The summed E-state index contributed by atoms with van der Waals surface area (Å²) in [7, 11) is 0. The predicted octanol–water partition coefficient (Wildman–Crippen LogP) is 3.06. The summed E-state index contributed by atoms with van der Waals surface area (Å²) >= 11 is 0. The smallest absolute Gasteiger partial charge is 0.222 e. The molecule has 3 rings (SSSR count). The average Bonchev–Trinajstić information content (AvgIpc) is 2.64. The van der Waals surface area contributed by atoms with E-state index >= 15 is 0 Å². The largest absolute Gasteiger partial charge is 0.399 e. The fraction of sp³-hybridized carbons (Fsp3) is 0.381. The maximum Gasteiger partial charge on any atom is 0.222 e. The second-order valence-electron chi connectivity index (χ2n) is 6.76. The fourth-order valence-electron chi connectivity index (χ4n) is 3.20. The Morgan fingerprint density at radius 3 is 2.50 bits per heavy atom. The van der Waals surface area contributed by atoms with Gasteiger partial charge in [-0.15, -0.1) is 24.8 Å². The predicted molar refractivity (Wildman–Crippen MR) is 118 cm³/mol. The summed E-state index contributed by atoms with van der Waals surface area (Å²) in [5.74, 6) is 0.0482. The van der Waals surface area contributed by atoms with Crippen LogP contribution in [0.15, 0.2) is 54.6 Å². The number of benzene rings is 2. The van der Waals surface area contributed by atoms with E-state index in [0.717, 1.165) is 31.7 Å². The van der Waals surface area contributed by atoms with E-state index in [0.29, 0.717) is 19.6 Å². The van der Waals surface area contributed by atoms with Crippen LogP contribution < -0.4 is 11.1 Å². The lowest BCUT2D eigenvalue weighted by Gasteiger charge is -2.32. The van der Waals surface area contributed by atoms with Crippen molar-refractivity contribution in [2.45, 2.75) is 25.5 Å². The SMILES string of the molecule is Cl.Cl.Nc1ccc(CCNC(=O)CC2CN(Cc3ccccc3)CCO2)cc1. The van der Waals surface area contributed by atoms with Crippen LogP contribution in [-0.4, -0.2) is 43.2 Å². The quantitative estimate of drug-likeness (QED) is 0.668. The lowest BCUT2D eigenvalue weighted by Crippen LogP contribution is -2.44. The summed E-state index contributed by atoms with van der Waals surface area (Å²) in [5.41, 5.74) is 8.90. The third kappa shape index (κ3) is 8.07. The van der Waals surface area contributed by atoms with Crippen molar-refractivity contribution in [2.75, 3.05) is 32.0 Å². The molecule has 1 saturated heterocycles. The zero-order valence-corrected chi connectivity index (χ0v) is 17.5. The van der Waals surface area contributed by atoms with Crippen LogP contribution in [0, 0.1) is 0 Å². The normalized spacial score (nSPS) is 16.5. The van der Waals surface area contributed by atoms with Gasteiger partial charge < -0.3 is 15.8 Å². The highest BCUT2D eigenvalue weighted by Crippen LogP contribution is 2.12. The lowest BCUT2D eigenvalue weighted by atomic mass is 10.1. The molecule has 1 aliphatic rings. The van der Waals surface area contributed by atoms with Gasteiger partial charge in [-0.1, -0.05) is 42.5 Å². The van der Waals surface area contributed by atoms with Crippen LogP contribution in [-0.2, 0) is 22.5 Å². The monoisotopic (exact) mass is 425 g/mol. The second-order valence-corrected chi connectivity index (χ2v) is 6.76. The number of nitrogens with one attached hydrogen (secondary N) is 1. The van der Waals surface area contributed by atoms with Gasteiger partial charge in [0.2, 0.25) is 5.91 Å². The zero-order valence-electron chi connectivity index (χ0n) is 15.9. The summed E-state index contributed by atoms with van der Waals surface area (Å²) in [6.45, 7) is 3.91. The van der Waals surface area contributed by atoms with Crippen LogP contribution in [0.1, 0.15) is 17.5 Å². The molecule has 1 amide bonds. The number of morpholine rings is 1. The minimum Gasteiger partial charge on any atom is -0.399 e. The van der Waals surface area contributed by atoms with E-state index in [1.165, 1.54) is 11.1 Å². The molecule has 1 unspecified atom stereocenters. The van der Waals surface area contributed by atoms with Gasteiger partial charge in [-0.25, -0.2) is 0 Å². The van der Waals surface area contributed by atoms with E-state index < -0.39 is 0 Å². The molecule has 0 saturated carbocycles. The van der Waals surface area contributed by atoms with Crippen LogP contribution in [0.4, 0.5) is 5.69 Å². The van der Waals surface area contributed by atoms with Crippen molar-refractivity contribution in [1.29, 1.82) is 0 Å². The van der Waals surface area contributed by atoms with E-state index in [-0.39, 0.29) is 36.8 Å². The molecule has 1 fully saturated rings. The maximum atomic E-state index is 12.2. The highest BCUT2D eigenvalue weighted by molar-refractivity contribution is 5.85. The van der Waals surface area contributed by atoms with Gasteiger partial charge in [-0.05, 0) is 29.7 Å². The number of hydrogen-bond acceptors (Lipinski definition) is 4. The number of rotatable bonds is 7. The molecule has 0 spiro atoms. The molecule has 0 radical (unpaired) electrons. The first-order chi connectivity index (χ1) is 12.7. The Morgan fingerprint density at radius 2 is 1.79 bits per heavy atom.